The van der Waals surface area contributed by atoms with Gasteiger partial charge in [-0.1, -0.05) is 0 Å². The number of rotatable bonds is 7. The molecule has 0 fully saturated rings. The molecule has 0 aromatic heterocycles. The van der Waals surface area contributed by atoms with Crippen molar-refractivity contribution in [3.63, 3.8) is 0 Å². The summed E-state index contributed by atoms with van der Waals surface area (Å²) in [6.45, 7) is 7.96. The summed E-state index contributed by atoms with van der Waals surface area (Å²) in [5.41, 5.74) is 6.01. The van der Waals surface area contributed by atoms with Crippen LogP contribution < -0.4 is 16.0 Å². The smallest absolute Gasteiger partial charge is 0.251 e. The third-order valence-corrected chi connectivity index (χ3v) is 4.81. The van der Waals surface area contributed by atoms with Gasteiger partial charge in [0.05, 0.1) is 6.54 Å². The van der Waals surface area contributed by atoms with Crippen LogP contribution in [0.3, 0.4) is 0 Å². The van der Waals surface area contributed by atoms with Crippen molar-refractivity contribution in [3.05, 3.63) is 64.6 Å². The molecule has 0 radical (unpaired) electrons. The van der Waals surface area contributed by atoms with Crippen molar-refractivity contribution in [2.75, 3.05) is 31.3 Å². The Morgan fingerprint density at radius 1 is 1.10 bits per heavy atom. The predicted octanol–water partition coefficient (Wildman–Crippen LogP) is 4.78. The average Bonchev–Trinajstić information content (AvgIpc) is 2.71. The number of amides is 1. The highest BCUT2D eigenvalue weighted by molar-refractivity contribution is 5.96. The second-order valence-electron chi connectivity index (χ2n) is 6.99. The van der Waals surface area contributed by atoms with Crippen molar-refractivity contribution in [2.24, 2.45) is 4.99 Å². The number of carbonyl (C=O) groups excluding carboxylic acids is 1. The number of nitrogens with zero attached hydrogens (tertiary/aromatic N) is 1. The first kappa shape index (κ1) is 22.1. The van der Waals surface area contributed by atoms with E-state index in [4.69, 9.17) is 0 Å². The van der Waals surface area contributed by atoms with Gasteiger partial charge in [-0.3, -0.25) is 9.79 Å². The van der Waals surface area contributed by atoms with Crippen molar-refractivity contribution < 1.29 is 9.18 Å². The minimum absolute atomic E-state index is 0.0994. The van der Waals surface area contributed by atoms with Crippen LogP contribution in [0.25, 0.3) is 5.57 Å². The Kier molecular flexibility index (Phi) is 7.53. The lowest BCUT2D eigenvalue weighted by atomic mass is 10.0. The molecule has 0 saturated carbocycles. The van der Waals surface area contributed by atoms with E-state index >= 15 is 0 Å². The molecular formula is C23H29FN4O. The van der Waals surface area contributed by atoms with Gasteiger partial charge in [0.25, 0.3) is 5.91 Å². The van der Waals surface area contributed by atoms with Crippen LogP contribution in [0.5, 0.6) is 0 Å². The van der Waals surface area contributed by atoms with Crippen LogP contribution in [0.2, 0.25) is 0 Å². The Bertz CT molecular complexity index is 964. The van der Waals surface area contributed by atoms with Crippen LogP contribution in [0.1, 0.15) is 40.9 Å². The molecule has 0 heterocycles. The Morgan fingerprint density at radius 2 is 1.79 bits per heavy atom. The minimum atomic E-state index is -0.233. The molecule has 0 saturated heterocycles. The molecule has 29 heavy (non-hydrogen) atoms. The van der Waals surface area contributed by atoms with Crippen molar-refractivity contribution in [1.29, 1.82) is 0 Å². The van der Waals surface area contributed by atoms with Crippen LogP contribution in [0.15, 0.2) is 41.5 Å². The average molecular weight is 397 g/mol. The lowest BCUT2D eigenvalue weighted by molar-refractivity contribution is 0.0962. The number of benzene rings is 2. The zero-order chi connectivity index (χ0) is 21.6. The van der Waals surface area contributed by atoms with E-state index < -0.39 is 0 Å². The minimum Gasteiger partial charge on any atom is -0.388 e. The largest absolute Gasteiger partial charge is 0.388 e. The number of halogens is 1. The van der Waals surface area contributed by atoms with E-state index in [1.807, 2.05) is 39.0 Å². The maximum Gasteiger partial charge on any atom is 0.251 e. The number of anilines is 2. The monoisotopic (exact) mass is 396 g/mol. The Hall–Kier alpha value is -3.15. The highest BCUT2D eigenvalue weighted by atomic mass is 19.1. The summed E-state index contributed by atoms with van der Waals surface area (Å²) in [4.78, 5) is 16.2. The van der Waals surface area contributed by atoms with Gasteiger partial charge < -0.3 is 16.0 Å². The van der Waals surface area contributed by atoms with Crippen LogP contribution >= 0.6 is 0 Å². The van der Waals surface area contributed by atoms with Crippen LogP contribution in [-0.2, 0) is 0 Å². The topological polar surface area (TPSA) is 65.5 Å². The highest BCUT2D eigenvalue weighted by Crippen LogP contribution is 2.26. The van der Waals surface area contributed by atoms with Gasteiger partial charge >= 0.3 is 0 Å². The molecule has 0 aliphatic heterocycles. The van der Waals surface area contributed by atoms with Crippen molar-refractivity contribution in [2.45, 2.75) is 27.7 Å². The van der Waals surface area contributed by atoms with Gasteiger partial charge in [0.15, 0.2) is 0 Å². The van der Waals surface area contributed by atoms with Gasteiger partial charge in [-0.25, -0.2) is 4.39 Å². The van der Waals surface area contributed by atoms with Gasteiger partial charge in [-0.15, -0.1) is 0 Å². The molecule has 0 aliphatic carbocycles. The second kappa shape index (κ2) is 9.87. The van der Waals surface area contributed by atoms with Gasteiger partial charge in [-0.05, 0) is 69.2 Å². The zero-order valence-electron chi connectivity index (χ0n) is 17.9. The summed E-state index contributed by atoms with van der Waals surface area (Å²) in [5, 5.41) is 8.91. The van der Waals surface area contributed by atoms with E-state index in [0.29, 0.717) is 23.2 Å². The molecule has 3 N–H and O–H groups in total. The van der Waals surface area contributed by atoms with Gasteiger partial charge in [0.2, 0.25) is 0 Å². The maximum absolute atomic E-state index is 14.6. The fraction of sp³-hybridized carbons (Fsp3) is 0.304. The van der Waals surface area contributed by atoms with Crippen LogP contribution in [0, 0.1) is 19.7 Å². The fourth-order valence-corrected chi connectivity index (χ4v) is 2.98. The second-order valence-corrected chi connectivity index (χ2v) is 6.99. The molecule has 0 unspecified atom stereocenters. The molecule has 0 spiro atoms. The van der Waals surface area contributed by atoms with Crippen molar-refractivity contribution >= 4 is 28.6 Å². The maximum atomic E-state index is 14.6. The zero-order valence-corrected chi connectivity index (χ0v) is 17.9. The molecule has 2 aromatic carbocycles. The highest BCUT2D eigenvalue weighted by Gasteiger charge is 2.10. The molecule has 2 aromatic rings. The van der Waals surface area contributed by atoms with E-state index in [2.05, 4.69) is 20.9 Å². The fourth-order valence-electron chi connectivity index (χ4n) is 2.98. The first-order valence-electron chi connectivity index (χ1n) is 9.52. The molecule has 0 aliphatic rings. The number of hydrogen-bond donors (Lipinski definition) is 3. The van der Waals surface area contributed by atoms with Gasteiger partial charge in [-0.2, -0.15) is 0 Å². The van der Waals surface area contributed by atoms with E-state index in [0.717, 1.165) is 28.2 Å². The van der Waals surface area contributed by atoms with E-state index in [1.165, 1.54) is 0 Å². The standard InChI is InChI=1S/C23H29FN4O/c1-14-11-18(7-8-20(14)23(29)26-6)28-13-16(3)27-12-15(2)19-9-10-21(25-5)17(4)22(19)24/h7-12,25,28H,13H2,1-6H3,(H,26,29)/b15-12+,27-16?. The number of aliphatic imine (C=N–C) groups is 1. The summed E-state index contributed by atoms with van der Waals surface area (Å²) >= 11 is 0. The molecular weight excluding hydrogens is 367 g/mol. The van der Waals surface area contributed by atoms with Crippen LogP contribution in [0.4, 0.5) is 15.8 Å². The van der Waals surface area contributed by atoms with E-state index in [1.54, 1.807) is 39.4 Å². The Balaban J connectivity index is 2.08. The molecule has 0 atom stereocenters. The normalized spacial score (nSPS) is 12.0. The summed E-state index contributed by atoms with van der Waals surface area (Å²) in [6, 6.07) is 9.23. The molecule has 0 bridgehead atoms. The number of aryl methyl sites for hydroxylation is 1. The SMILES string of the molecule is CNC(=O)c1ccc(NCC(C)=N/C=C(\C)c2ccc(NC)c(C)c2F)cc1C. The number of nitrogens with one attached hydrogen (secondary N) is 3. The van der Waals surface area contributed by atoms with Crippen molar-refractivity contribution in [3.8, 4) is 0 Å². The lowest BCUT2D eigenvalue weighted by Gasteiger charge is -2.11. The number of hydrogen-bond acceptors (Lipinski definition) is 4. The number of allylic oxidation sites excluding steroid dienone is 1. The predicted molar refractivity (Wildman–Crippen MR) is 121 cm³/mol. The quantitative estimate of drug-likeness (QED) is 0.590. The van der Waals surface area contributed by atoms with E-state index in [-0.39, 0.29) is 11.7 Å². The van der Waals surface area contributed by atoms with Gasteiger partial charge in [0.1, 0.15) is 5.82 Å². The molecule has 6 heteroatoms. The summed E-state index contributed by atoms with van der Waals surface area (Å²) in [7, 11) is 3.39. The number of carbonyl (C=O) groups is 1. The third-order valence-electron chi connectivity index (χ3n) is 4.81. The van der Waals surface area contributed by atoms with Gasteiger partial charge in [0, 0.05) is 54.1 Å². The summed E-state index contributed by atoms with van der Waals surface area (Å²) < 4.78 is 14.6. The lowest BCUT2D eigenvalue weighted by Crippen LogP contribution is -2.19. The van der Waals surface area contributed by atoms with E-state index in [9.17, 15) is 9.18 Å². The molecule has 154 valence electrons. The molecule has 2 rings (SSSR count). The summed E-state index contributed by atoms with van der Waals surface area (Å²) in [5.74, 6) is -0.333. The molecule has 5 nitrogen and oxygen atoms in total. The first-order valence-corrected chi connectivity index (χ1v) is 9.52. The van der Waals surface area contributed by atoms with Crippen LogP contribution in [-0.4, -0.2) is 32.3 Å². The van der Waals surface area contributed by atoms with Crippen molar-refractivity contribution in [1.82, 2.24) is 5.32 Å². The first-order chi connectivity index (χ1) is 13.8. The third kappa shape index (κ3) is 5.44. The Labute approximate surface area is 172 Å². The molecule has 1 amide bonds. The Morgan fingerprint density at radius 3 is 2.41 bits per heavy atom. The summed E-state index contributed by atoms with van der Waals surface area (Å²) in [6.07, 6.45) is 1.69.